The molecule has 26 heavy (non-hydrogen) atoms. The summed E-state index contributed by atoms with van der Waals surface area (Å²) in [5.41, 5.74) is 3.33. The number of ether oxygens (including phenoxy) is 1. The van der Waals surface area contributed by atoms with Gasteiger partial charge in [0.15, 0.2) is 0 Å². The predicted molar refractivity (Wildman–Crippen MR) is 109 cm³/mol. The lowest BCUT2D eigenvalue weighted by Gasteiger charge is -2.11. The lowest BCUT2D eigenvalue weighted by Crippen LogP contribution is -2.16. The van der Waals surface area contributed by atoms with Gasteiger partial charge in [-0.25, -0.2) is 0 Å². The van der Waals surface area contributed by atoms with Crippen molar-refractivity contribution >= 4 is 23.2 Å². The minimum Gasteiger partial charge on any atom is -0.489 e. The fraction of sp³-hybridized carbons (Fsp3) is 0.182. The fourth-order valence-corrected chi connectivity index (χ4v) is 3.19. The van der Waals surface area contributed by atoms with E-state index < -0.39 is 0 Å². The topological polar surface area (TPSA) is 21.3 Å². The largest absolute Gasteiger partial charge is 0.489 e. The lowest BCUT2D eigenvalue weighted by atomic mass is 10.1. The van der Waals surface area contributed by atoms with Crippen LogP contribution in [0.1, 0.15) is 16.7 Å². The van der Waals surface area contributed by atoms with Gasteiger partial charge in [0.1, 0.15) is 12.4 Å². The molecule has 0 radical (unpaired) electrons. The molecule has 0 aliphatic carbocycles. The molecule has 0 saturated heterocycles. The average molecular weight is 386 g/mol. The van der Waals surface area contributed by atoms with Crippen LogP contribution in [0.5, 0.6) is 5.75 Å². The maximum Gasteiger partial charge on any atom is 0.120 e. The quantitative estimate of drug-likeness (QED) is 0.487. The first-order valence-electron chi connectivity index (χ1n) is 8.61. The van der Waals surface area contributed by atoms with Gasteiger partial charge in [-0.2, -0.15) is 0 Å². The van der Waals surface area contributed by atoms with Crippen LogP contribution in [0, 0.1) is 0 Å². The van der Waals surface area contributed by atoms with Crippen LogP contribution in [0.2, 0.25) is 10.0 Å². The van der Waals surface area contributed by atoms with Crippen molar-refractivity contribution in [1.29, 1.82) is 0 Å². The predicted octanol–water partition coefficient (Wildman–Crippen LogP) is 5.90. The molecule has 0 aliphatic heterocycles. The van der Waals surface area contributed by atoms with Gasteiger partial charge in [-0.3, -0.25) is 0 Å². The molecule has 0 unspecified atom stereocenters. The highest BCUT2D eigenvalue weighted by atomic mass is 35.5. The molecule has 4 heteroatoms. The van der Waals surface area contributed by atoms with Crippen LogP contribution in [-0.2, 0) is 19.6 Å². The fourth-order valence-electron chi connectivity index (χ4n) is 2.68. The average Bonchev–Trinajstić information content (AvgIpc) is 2.66. The normalized spacial score (nSPS) is 10.7. The van der Waals surface area contributed by atoms with Crippen molar-refractivity contribution in [2.24, 2.45) is 0 Å². The van der Waals surface area contributed by atoms with E-state index in [9.17, 15) is 0 Å². The maximum absolute atomic E-state index is 6.19. The summed E-state index contributed by atoms with van der Waals surface area (Å²) in [6, 6.07) is 24.0. The van der Waals surface area contributed by atoms with Gasteiger partial charge in [-0.05, 0) is 48.4 Å². The van der Waals surface area contributed by atoms with Crippen LogP contribution in [0.3, 0.4) is 0 Å². The second kappa shape index (κ2) is 9.63. The second-order valence-electron chi connectivity index (χ2n) is 6.05. The molecule has 0 saturated carbocycles. The number of benzene rings is 3. The Morgan fingerprint density at radius 2 is 1.46 bits per heavy atom. The summed E-state index contributed by atoms with van der Waals surface area (Å²) in [7, 11) is 0. The van der Waals surface area contributed by atoms with Gasteiger partial charge in [0.05, 0.1) is 0 Å². The first kappa shape index (κ1) is 18.8. The molecule has 0 aliphatic rings. The van der Waals surface area contributed by atoms with Crippen molar-refractivity contribution in [1.82, 2.24) is 5.32 Å². The van der Waals surface area contributed by atoms with Crippen LogP contribution in [0.4, 0.5) is 0 Å². The van der Waals surface area contributed by atoms with E-state index in [1.54, 1.807) is 0 Å². The zero-order valence-electron chi connectivity index (χ0n) is 14.4. The minimum absolute atomic E-state index is 0.351. The van der Waals surface area contributed by atoms with E-state index in [0.29, 0.717) is 16.7 Å². The van der Waals surface area contributed by atoms with Crippen molar-refractivity contribution in [2.75, 3.05) is 6.54 Å². The summed E-state index contributed by atoms with van der Waals surface area (Å²) < 4.78 is 5.87. The second-order valence-corrected chi connectivity index (χ2v) is 6.86. The molecule has 0 spiro atoms. The molecule has 2 nitrogen and oxygen atoms in total. The number of hydrogen-bond donors (Lipinski definition) is 1. The Bertz CT molecular complexity index is 816. The van der Waals surface area contributed by atoms with Crippen LogP contribution >= 0.6 is 23.2 Å². The van der Waals surface area contributed by atoms with Crippen molar-refractivity contribution in [3.63, 3.8) is 0 Å². The summed E-state index contributed by atoms with van der Waals surface area (Å²) in [5, 5.41) is 4.71. The van der Waals surface area contributed by atoms with Gasteiger partial charge in [0.2, 0.25) is 0 Å². The van der Waals surface area contributed by atoms with Crippen LogP contribution in [0.15, 0.2) is 72.8 Å². The van der Waals surface area contributed by atoms with E-state index in [1.165, 1.54) is 11.1 Å². The Morgan fingerprint density at radius 1 is 0.769 bits per heavy atom. The number of nitrogens with one attached hydrogen (secondary N) is 1. The molecule has 3 aromatic rings. The molecular formula is C22H21Cl2NO. The summed E-state index contributed by atoms with van der Waals surface area (Å²) in [5.74, 6) is 0.809. The van der Waals surface area contributed by atoms with E-state index in [1.807, 2.05) is 42.5 Å². The zero-order valence-corrected chi connectivity index (χ0v) is 15.9. The molecule has 0 fully saturated rings. The number of halogens is 2. The van der Waals surface area contributed by atoms with Gasteiger partial charge >= 0.3 is 0 Å². The Labute approximate surface area is 164 Å². The molecular weight excluding hydrogens is 365 g/mol. The van der Waals surface area contributed by atoms with E-state index in [0.717, 1.165) is 30.8 Å². The molecule has 0 bridgehead atoms. The standard InChI is InChI=1S/C22H21Cl2NO/c23-21-10-5-11-22(24)20(21)16-26-19-9-4-8-18(14-19)15-25-13-12-17-6-2-1-3-7-17/h1-11,14,25H,12-13,15-16H2. The Balaban J connectivity index is 1.50. The van der Waals surface area contributed by atoms with E-state index in [-0.39, 0.29) is 0 Å². The highest BCUT2D eigenvalue weighted by molar-refractivity contribution is 6.35. The zero-order chi connectivity index (χ0) is 18.2. The molecule has 3 rings (SSSR count). The first-order valence-corrected chi connectivity index (χ1v) is 9.37. The van der Waals surface area contributed by atoms with E-state index in [2.05, 4.69) is 35.6 Å². The third-order valence-electron chi connectivity index (χ3n) is 4.11. The Morgan fingerprint density at radius 3 is 2.23 bits per heavy atom. The lowest BCUT2D eigenvalue weighted by molar-refractivity contribution is 0.306. The van der Waals surface area contributed by atoms with Gasteiger partial charge < -0.3 is 10.1 Å². The number of hydrogen-bond acceptors (Lipinski definition) is 2. The molecule has 0 atom stereocenters. The monoisotopic (exact) mass is 385 g/mol. The van der Waals surface area contributed by atoms with Gasteiger partial charge in [0, 0.05) is 22.2 Å². The maximum atomic E-state index is 6.19. The van der Waals surface area contributed by atoms with E-state index >= 15 is 0 Å². The Hall–Kier alpha value is -2.00. The summed E-state index contributed by atoms with van der Waals surface area (Å²) >= 11 is 12.4. The highest BCUT2D eigenvalue weighted by Gasteiger charge is 2.06. The smallest absolute Gasteiger partial charge is 0.120 e. The van der Waals surface area contributed by atoms with Crippen molar-refractivity contribution in [3.8, 4) is 5.75 Å². The highest BCUT2D eigenvalue weighted by Crippen LogP contribution is 2.26. The third kappa shape index (κ3) is 5.50. The minimum atomic E-state index is 0.351. The van der Waals surface area contributed by atoms with Gasteiger partial charge in [-0.15, -0.1) is 0 Å². The molecule has 0 aromatic heterocycles. The SMILES string of the molecule is Clc1cccc(Cl)c1COc1cccc(CNCCc2ccccc2)c1. The van der Waals surface area contributed by atoms with Crippen LogP contribution < -0.4 is 10.1 Å². The van der Waals surface area contributed by atoms with Crippen molar-refractivity contribution in [2.45, 2.75) is 19.6 Å². The first-order chi connectivity index (χ1) is 12.7. The Kier molecular flexibility index (Phi) is 6.96. The molecule has 0 heterocycles. The van der Waals surface area contributed by atoms with Crippen LogP contribution in [-0.4, -0.2) is 6.54 Å². The number of rotatable bonds is 8. The molecule has 3 aromatic carbocycles. The van der Waals surface area contributed by atoms with Gasteiger partial charge in [0.25, 0.3) is 0 Å². The van der Waals surface area contributed by atoms with Crippen LogP contribution in [0.25, 0.3) is 0 Å². The summed E-state index contributed by atoms with van der Waals surface area (Å²) in [4.78, 5) is 0. The molecule has 1 N–H and O–H groups in total. The van der Waals surface area contributed by atoms with Gasteiger partial charge in [-0.1, -0.05) is 71.7 Å². The molecule has 134 valence electrons. The van der Waals surface area contributed by atoms with Crippen molar-refractivity contribution < 1.29 is 4.74 Å². The molecule has 0 amide bonds. The van der Waals surface area contributed by atoms with Crippen molar-refractivity contribution in [3.05, 3.63) is 99.5 Å². The van der Waals surface area contributed by atoms with E-state index in [4.69, 9.17) is 27.9 Å². The third-order valence-corrected chi connectivity index (χ3v) is 4.81. The summed E-state index contributed by atoms with van der Waals surface area (Å²) in [6.45, 7) is 2.09. The summed E-state index contributed by atoms with van der Waals surface area (Å²) in [6.07, 6.45) is 1.02.